The summed E-state index contributed by atoms with van der Waals surface area (Å²) in [6, 6.07) is 16.8. The van der Waals surface area contributed by atoms with Gasteiger partial charge >= 0.3 is 0 Å². The summed E-state index contributed by atoms with van der Waals surface area (Å²) in [4.78, 5) is 16.6. The van der Waals surface area contributed by atoms with E-state index in [2.05, 4.69) is 10.3 Å². The third-order valence-corrected chi connectivity index (χ3v) is 5.07. The van der Waals surface area contributed by atoms with Gasteiger partial charge in [-0.1, -0.05) is 29.8 Å². The van der Waals surface area contributed by atoms with Gasteiger partial charge in [-0.2, -0.15) is 0 Å². The molecular weight excluding hydrogens is 412 g/mol. The molecule has 0 saturated heterocycles. The molecule has 0 radical (unpaired) electrons. The van der Waals surface area contributed by atoms with Crippen LogP contribution >= 0.6 is 11.6 Å². The fourth-order valence-electron chi connectivity index (χ4n) is 3.36. The van der Waals surface area contributed by atoms with Crippen LogP contribution in [0.1, 0.15) is 19.4 Å². The molecule has 4 rings (SSSR count). The first kappa shape index (κ1) is 20.7. The van der Waals surface area contributed by atoms with Crippen molar-refractivity contribution in [2.24, 2.45) is 0 Å². The highest BCUT2D eigenvalue weighted by Gasteiger charge is 2.15. The standard InChI is InChI=1S/C25H21ClN2O3/c1-3-30-22-14-23-20(21(15-31-23)17-7-9-18(26)10-8-17)13-19(22)16(2)12-25(29)28-24-6-4-5-11-27-24/h4-15H,3H2,1-2H3,(H,27,28,29)/b16-12+. The predicted molar refractivity (Wildman–Crippen MR) is 124 cm³/mol. The number of hydrogen-bond acceptors (Lipinski definition) is 4. The molecule has 0 bridgehead atoms. The molecule has 0 unspecified atom stereocenters. The number of rotatable bonds is 6. The lowest BCUT2D eigenvalue weighted by atomic mass is 9.99. The molecule has 0 saturated carbocycles. The lowest BCUT2D eigenvalue weighted by Gasteiger charge is -2.12. The van der Waals surface area contributed by atoms with Gasteiger partial charge in [-0.15, -0.1) is 0 Å². The maximum atomic E-state index is 12.5. The van der Waals surface area contributed by atoms with E-state index in [0.717, 1.165) is 27.6 Å². The number of amides is 1. The highest BCUT2D eigenvalue weighted by Crippen LogP contribution is 2.37. The van der Waals surface area contributed by atoms with Gasteiger partial charge < -0.3 is 14.5 Å². The Morgan fingerprint density at radius 3 is 2.71 bits per heavy atom. The lowest BCUT2D eigenvalue weighted by Crippen LogP contribution is -2.09. The van der Waals surface area contributed by atoms with Crippen LogP contribution in [-0.2, 0) is 4.79 Å². The van der Waals surface area contributed by atoms with E-state index in [1.807, 2.05) is 56.3 Å². The number of carbonyl (C=O) groups excluding carboxylic acids is 1. The van der Waals surface area contributed by atoms with Gasteiger partial charge in [0.1, 0.15) is 17.2 Å². The fraction of sp³-hybridized carbons (Fsp3) is 0.120. The largest absolute Gasteiger partial charge is 0.493 e. The van der Waals surface area contributed by atoms with E-state index in [1.165, 1.54) is 0 Å². The van der Waals surface area contributed by atoms with Gasteiger partial charge in [0.25, 0.3) is 0 Å². The summed E-state index contributed by atoms with van der Waals surface area (Å²) in [6.45, 7) is 4.29. The van der Waals surface area contributed by atoms with E-state index in [-0.39, 0.29) is 5.91 Å². The smallest absolute Gasteiger partial charge is 0.249 e. The summed E-state index contributed by atoms with van der Waals surface area (Å²) in [5.41, 5.74) is 4.24. The third-order valence-electron chi connectivity index (χ3n) is 4.82. The zero-order chi connectivity index (χ0) is 21.8. The average molecular weight is 433 g/mol. The number of anilines is 1. The summed E-state index contributed by atoms with van der Waals surface area (Å²) in [5, 5.41) is 4.37. The summed E-state index contributed by atoms with van der Waals surface area (Å²) >= 11 is 6.03. The predicted octanol–water partition coefficient (Wildman–Crippen LogP) is 6.59. The molecule has 0 atom stereocenters. The molecule has 0 aliphatic rings. The zero-order valence-electron chi connectivity index (χ0n) is 17.2. The van der Waals surface area contributed by atoms with Crippen LogP contribution in [0.3, 0.4) is 0 Å². The normalized spacial score (nSPS) is 11.5. The molecule has 2 aromatic heterocycles. The van der Waals surface area contributed by atoms with Gasteiger partial charge in [-0.3, -0.25) is 4.79 Å². The minimum Gasteiger partial charge on any atom is -0.493 e. The Morgan fingerprint density at radius 2 is 2.00 bits per heavy atom. The third kappa shape index (κ3) is 4.62. The van der Waals surface area contributed by atoms with Crippen LogP contribution in [0, 0.1) is 0 Å². The Kier molecular flexibility index (Phi) is 6.05. The number of benzene rings is 2. The highest BCUT2D eigenvalue weighted by atomic mass is 35.5. The zero-order valence-corrected chi connectivity index (χ0v) is 17.9. The molecular formula is C25H21ClN2O3. The van der Waals surface area contributed by atoms with E-state index in [1.54, 1.807) is 30.7 Å². The van der Waals surface area contributed by atoms with Crippen molar-refractivity contribution in [3.05, 3.63) is 83.7 Å². The molecule has 0 aliphatic heterocycles. The van der Waals surface area contributed by atoms with Gasteiger partial charge in [0.15, 0.2) is 0 Å². The first-order valence-electron chi connectivity index (χ1n) is 9.90. The number of nitrogens with one attached hydrogen (secondary N) is 1. The van der Waals surface area contributed by atoms with E-state index >= 15 is 0 Å². The van der Waals surface area contributed by atoms with Crippen LogP contribution < -0.4 is 10.1 Å². The molecule has 4 aromatic rings. The molecule has 2 heterocycles. The summed E-state index contributed by atoms with van der Waals surface area (Å²) in [7, 11) is 0. The number of carbonyl (C=O) groups is 1. The van der Waals surface area contributed by atoms with Gasteiger partial charge in [0.2, 0.25) is 5.91 Å². The molecule has 0 fully saturated rings. The number of allylic oxidation sites excluding steroid dienone is 1. The van der Waals surface area contributed by atoms with Crippen molar-refractivity contribution in [3.8, 4) is 16.9 Å². The second-order valence-corrected chi connectivity index (χ2v) is 7.40. The molecule has 6 heteroatoms. The van der Waals surface area contributed by atoms with Crippen LogP contribution in [0.4, 0.5) is 5.82 Å². The minimum atomic E-state index is -0.260. The second kappa shape index (κ2) is 9.06. The van der Waals surface area contributed by atoms with Crippen molar-refractivity contribution < 1.29 is 13.9 Å². The van der Waals surface area contributed by atoms with Crippen molar-refractivity contribution in [1.82, 2.24) is 4.98 Å². The average Bonchev–Trinajstić information content (AvgIpc) is 3.17. The lowest BCUT2D eigenvalue weighted by molar-refractivity contribution is -0.111. The Hall–Kier alpha value is -3.57. The molecule has 2 aromatic carbocycles. The monoisotopic (exact) mass is 432 g/mol. The van der Waals surface area contributed by atoms with Crippen LogP contribution in [0.25, 0.3) is 27.7 Å². The van der Waals surface area contributed by atoms with Gasteiger partial charge in [-0.25, -0.2) is 4.98 Å². The van der Waals surface area contributed by atoms with Crippen molar-refractivity contribution >= 4 is 39.9 Å². The van der Waals surface area contributed by atoms with Crippen molar-refractivity contribution in [2.75, 3.05) is 11.9 Å². The van der Waals surface area contributed by atoms with Crippen LogP contribution in [-0.4, -0.2) is 17.5 Å². The van der Waals surface area contributed by atoms with E-state index in [9.17, 15) is 4.79 Å². The molecule has 31 heavy (non-hydrogen) atoms. The van der Waals surface area contributed by atoms with Crippen LogP contribution in [0.15, 0.2) is 77.6 Å². The van der Waals surface area contributed by atoms with Gasteiger partial charge in [0, 0.05) is 39.9 Å². The Morgan fingerprint density at radius 1 is 1.19 bits per heavy atom. The summed E-state index contributed by atoms with van der Waals surface area (Å²) in [6.07, 6.45) is 4.89. The maximum absolute atomic E-state index is 12.5. The quantitative estimate of drug-likeness (QED) is 0.349. The Labute approximate surface area is 185 Å². The van der Waals surface area contributed by atoms with Crippen LogP contribution in [0.5, 0.6) is 5.75 Å². The topological polar surface area (TPSA) is 64.4 Å². The van der Waals surface area contributed by atoms with E-state index in [0.29, 0.717) is 28.8 Å². The minimum absolute atomic E-state index is 0.260. The maximum Gasteiger partial charge on any atom is 0.249 e. The van der Waals surface area contributed by atoms with Crippen molar-refractivity contribution in [3.63, 3.8) is 0 Å². The highest BCUT2D eigenvalue weighted by molar-refractivity contribution is 6.30. The number of pyridine rings is 1. The van der Waals surface area contributed by atoms with Crippen LogP contribution in [0.2, 0.25) is 5.02 Å². The number of fused-ring (bicyclic) bond motifs is 1. The van der Waals surface area contributed by atoms with Crippen molar-refractivity contribution in [1.29, 1.82) is 0 Å². The number of aromatic nitrogens is 1. The summed E-state index contributed by atoms with van der Waals surface area (Å²) < 4.78 is 11.6. The number of furan rings is 1. The SMILES string of the molecule is CCOc1cc2occ(-c3ccc(Cl)cc3)c2cc1/C(C)=C/C(=O)Nc1ccccn1. The first-order chi connectivity index (χ1) is 15.0. The molecule has 1 N–H and O–H groups in total. The summed E-state index contributed by atoms with van der Waals surface area (Å²) in [5.74, 6) is 0.896. The fourth-order valence-corrected chi connectivity index (χ4v) is 3.49. The van der Waals surface area contributed by atoms with Gasteiger partial charge in [0.05, 0.1) is 12.9 Å². The first-order valence-corrected chi connectivity index (χ1v) is 10.3. The molecule has 0 aliphatic carbocycles. The number of halogens is 1. The number of nitrogens with zero attached hydrogens (tertiary/aromatic N) is 1. The van der Waals surface area contributed by atoms with Crippen molar-refractivity contribution in [2.45, 2.75) is 13.8 Å². The Bertz CT molecular complexity index is 1250. The molecule has 1 amide bonds. The Balaban J connectivity index is 1.74. The number of ether oxygens (including phenoxy) is 1. The molecule has 5 nitrogen and oxygen atoms in total. The van der Waals surface area contributed by atoms with Gasteiger partial charge in [-0.05, 0) is 55.3 Å². The van der Waals surface area contributed by atoms with E-state index < -0.39 is 0 Å². The van der Waals surface area contributed by atoms with E-state index in [4.69, 9.17) is 20.8 Å². The number of hydrogen-bond donors (Lipinski definition) is 1. The molecule has 156 valence electrons. The molecule has 0 spiro atoms. The second-order valence-electron chi connectivity index (χ2n) is 6.97.